The zero-order chi connectivity index (χ0) is 15.5. The molecule has 0 radical (unpaired) electrons. The number of rotatable bonds is 5. The van der Waals surface area contributed by atoms with Gasteiger partial charge in [0.15, 0.2) is 0 Å². The molecule has 0 saturated heterocycles. The van der Waals surface area contributed by atoms with Crippen molar-refractivity contribution in [1.82, 2.24) is 5.32 Å². The van der Waals surface area contributed by atoms with Crippen LogP contribution in [0.15, 0.2) is 18.2 Å². The molecular formula is C12H16N4O4. The molecule has 0 bridgehead atoms. The summed E-state index contributed by atoms with van der Waals surface area (Å²) in [5, 5.41) is 13.3. The van der Waals surface area contributed by atoms with E-state index in [2.05, 4.69) is 5.32 Å². The minimum Gasteiger partial charge on any atom is -0.393 e. The largest absolute Gasteiger partial charge is 0.393 e. The lowest BCUT2D eigenvalue weighted by Gasteiger charge is -2.24. The van der Waals surface area contributed by atoms with Gasteiger partial charge >= 0.3 is 0 Å². The number of nitro benzene ring substituents is 1. The van der Waals surface area contributed by atoms with Crippen LogP contribution in [-0.2, 0) is 4.79 Å². The first-order valence-electron chi connectivity index (χ1n) is 5.77. The number of primary amides is 1. The molecule has 1 aromatic carbocycles. The minimum absolute atomic E-state index is 0.0250. The summed E-state index contributed by atoms with van der Waals surface area (Å²) in [6, 6.07) is 3.75. The molecule has 2 amide bonds. The Balaban J connectivity index is 2.96. The lowest BCUT2D eigenvalue weighted by molar-refractivity contribution is -0.383. The van der Waals surface area contributed by atoms with E-state index in [1.165, 1.54) is 12.1 Å². The molecule has 0 aliphatic rings. The van der Waals surface area contributed by atoms with E-state index in [0.717, 1.165) is 6.07 Å². The fourth-order valence-corrected chi connectivity index (χ4v) is 1.70. The number of amides is 2. The zero-order valence-corrected chi connectivity index (χ0v) is 11.2. The van der Waals surface area contributed by atoms with Gasteiger partial charge in [0.2, 0.25) is 5.91 Å². The SMILES string of the molecule is CC(C)(CC(N)=O)NC(=O)c1ccc(N)c([N+](=O)[O-])c1. The fourth-order valence-electron chi connectivity index (χ4n) is 1.70. The van der Waals surface area contributed by atoms with Gasteiger partial charge in [-0.05, 0) is 26.0 Å². The molecule has 0 aliphatic carbocycles. The predicted molar refractivity (Wildman–Crippen MR) is 72.9 cm³/mol. The third-order valence-electron chi connectivity index (χ3n) is 2.56. The van der Waals surface area contributed by atoms with Crippen LogP contribution >= 0.6 is 0 Å². The van der Waals surface area contributed by atoms with Crippen LogP contribution in [0.1, 0.15) is 30.6 Å². The predicted octanol–water partition coefficient (Wildman–Crippen LogP) is 0.561. The molecule has 0 spiro atoms. The summed E-state index contributed by atoms with van der Waals surface area (Å²) in [7, 11) is 0. The lowest BCUT2D eigenvalue weighted by Crippen LogP contribution is -2.46. The molecule has 0 fully saturated rings. The number of benzene rings is 1. The molecule has 108 valence electrons. The first-order chi connectivity index (χ1) is 9.12. The summed E-state index contributed by atoms with van der Waals surface area (Å²) in [4.78, 5) is 33.0. The quantitative estimate of drug-likeness (QED) is 0.410. The first-order valence-corrected chi connectivity index (χ1v) is 5.77. The molecule has 0 aromatic heterocycles. The van der Waals surface area contributed by atoms with Crippen LogP contribution in [-0.4, -0.2) is 22.3 Å². The Bertz CT molecular complexity index is 569. The van der Waals surface area contributed by atoms with Gasteiger partial charge in [-0.3, -0.25) is 19.7 Å². The van der Waals surface area contributed by atoms with Crippen LogP contribution in [0.2, 0.25) is 0 Å². The van der Waals surface area contributed by atoms with E-state index >= 15 is 0 Å². The van der Waals surface area contributed by atoms with Crippen molar-refractivity contribution in [3.63, 3.8) is 0 Å². The second-order valence-electron chi connectivity index (χ2n) is 5.01. The van der Waals surface area contributed by atoms with Crippen molar-refractivity contribution in [3.05, 3.63) is 33.9 Å². The maximum atomic E-state index is 12.0. The Labute approximate surface area is 115 Å². The average molecular weight is 280 g/mol. The number of nitro groups is 1. The molecule has 5 N–H and O–H groups in total. The highest BCUT2D eigenvalue weighted by atomic mass is 16.6. The van der Waals surface area contributed by atoms with E-state index in [4.69, 9.17) is 11.5 Å². The second-order valence-corrected chi connectivity index (χ2v) is 5.01. The van der Waals surface area contributed by atoms with E-state index in [9.17, 15) is 19.7 Å². The van der Waals surface area contributed by atoms with Crippen molar-refractivity contribution >= 4 is 23.2 Å². The average Bonchev–Trinajstić information content (AvgIpc) is 2.26. The van der Waals surface area contributed by atoms with Crippen molar-refractivity contribution in [2.75, 3.05) is 5.73 Å². The van der Waals surface area contributed by atoms with Crippen molar-refractivity contribution < 1.29 is 14.5 Å². The van der Waals surface area contributed by atoms with Crippen LogP contribution in [0.4, 0.5) is 11.4 Å². The molecule has 0 heterocycles. The van der Waals surface area contributed by atoms with E-state index in [1.54, 1.807) is 13.8 Å². The number of anilines is 1. The molecule has 8 heteroatoms. The second kappa shape index (κ2) is 5.55. The lowest BCUT2D eigenvalue weighted by atomic mass is 9.99. The summed E-state index contributed by atoms with van der Waals surface area (Å²) in [6.07, 6.45) is -0.0458. The maximum absolute atomic E-state index is 12.0. The van der Waals surface area contributed by atoms with Crippen molar-refractivity contribution in [2.45, 2.75) is 25.8 Å². The van der Waals surface area contributed by atoms with Crippen molar-refractivity contribution in [2.24, 2.45) is 5.73 Å². The summed E-state index contributed by atoms with van der Waals surface area (Å²) >= 11 is 0. The highest BCUT2D eigenvalue weighted by Crippen LogP contribution is 2.22. The van der Waals surface area contributed by atoms with Gasteiger partial charge in [-0.2, -0.15) is 0 Å². The Morgan fingerprint density at radius 1 is 1.40 bits per heavy atom. The van der Waals surface area contributed by atoms with Crippen LogP contribution < -0.4 is 16.8 Å². The van der Waals surface area contributed by atoms with E-state index in [1.807, 2.05) is 0 Å². The molecule has 8 nitrogen and oxygen atoms in total. The minimum atomic E-state index is -0.848. The number of carbonyl (C=O) groups is 2. The van der Waals surface area contributed by atoms with Gasteiger partial charge in [-0.1, -0.05) is 0 Å². The number of nitrogens with two attached hydrogens (primary N) is 2. The van der Waals surface area contributed by atoms with Gasteiger partial charge in [0.1, 0.15) is 5.69 Å². The van der Waals surface area contributed by atoms with E-state index in [-0.39, 0.29) is 23.4 Å². The number of nitrogens with one attached hydrogen (secondary N) is 1. The van der Waals surface area contributed by atoms with Crippen molar-refractivity contribution in [3.8, 4) is 0 Å². The van der Waals surface area contributed by atoms with Crippen molar-refractivity contribution in [1.29, 1.82) is 0 Å². The molecular weight excluding hydrogens is 264 g/mol. The summed E-state index contributed by atoms with van der Waals surface area (Å²) in [5.41, 5.74) is 9.40. The molecule has 1 rings (SSSR count). The Hall–Kier alpha value is -2.64. The van der Waals surface area contributed by atoms with Gasteiger partial charge in [0.25, 0.3) is 11.6 Å². The Morgan fingerprint density at radius 3 is 2.50 bits per heavy atom. The van der Waals surface area contributed by atoms with E-state index < -0.39 is 22.3 Å². The summed E-state index contributed by atoms with van der Waals surface area (Å²) in [5.74, 6) is -1.10. The summed E-state index contributed by atoms with van der Waals surface area (Å²) < 4.78 is 0. The first kappa shape index (κ1) is 15.4. The summed E-state index contributed by atoms with van der Waals surface area (Å²) in [6.45, 7) is 3.25. The van der Waals surface area contributed by atoms with Crippen LogP contribution in [0.5, 0.6) is 0 Å². The van der Waals surface area contributed by atoms with Gasteiger partial charge in [0.05, 0.1) is 4.92 Å². The number of nitrogens with zero attached hydrogens (tertiary/aromatic N) is 1. The van der Waals surface area contributed by atoms with Crippen LogP contribution in [0.25, 0.3) is 0 Å². The fraction of sp³-hybridized carbons (Fsp3) is 0.333. The number of hydrogen-bond acceptors (Lipinski definition) is 5. The maximum Gasteiger partial charge on any atom is 0.292 e. The standard InChI is InChI=1S/C12H16N4O4/c1-12(2,6-10(14)17)15-11(18)7-3-4-8(13)9(5-7)16(19)20/h3-5H,6,13H2,1-2H3,(H2,14,17)(H,15,18). The highest BCUT2D eigenvalue weighted by molar-refractivity contribution is 5.96. The number of nitrogen functional groups attached to an aromatic ring is 1. The third-order valence-corrected chi connectivity index (χ3v) is 2.56. The van der Waals surface area contributed by atoms with Gasteiger partial charge in [0, 0.05) is 23.6 Å². The monoisotopic (exact) mass is 280 g/mol. The molecule has 0 atom stereocenters. The molecule has 1 aromatic rings. The Morgan fingerprint density at radius 2 is 2.00 bits per heavy atom. The zero-order valence-electron chi connectivity index (χ0n) is 11.2. The molecule has 0 saturated carbocycles. The third kappa shape index (κ3) is 3.94. The molecule has 0 aliphatic heterocycles. The topological polar surface area (TPSA) is 141 Å². The number of carbonyl (C=O) groups excluding carboxylic acids is 2. The van der Waals surface area contributed by atoms with Crippen LogP contribution in [0.3, 0.4) is 0 Å². The Kier molecular flexibility index (Phi) is 4.28. The molecule has 20 heavy (non-hydrogen) atoms. The number of hydrogen-bond donors (Lipinski definition) is 3. The van der Waals surface area contributed by atoms with E-state index in [0.29, 0.717) is 0 Å². The molecule has 0 unspecified atom stereocenters. The normalized spacial score (nSPS) is 10.9. The highest BCUT2D eigenvalue weighted by Gasteiger charge is 2.24. The smallest absolute Gasteiger partial charge is 0.292 e. The van der Waals surface area contributed by atoms with Gasteiger partial charge in [-0.25, -0.2) is 0 Å². The van der Waals surface area contributed by atoms with Gasteiger partial charge < -0.3 is 16.8 Å². The van der Waals surface area contributed by atoms with Gasteiger partial charge in [-0.15, -0.1) is 0 Å². The van der Waals surface area contributed by atoms with Crippen LogP contribution in [0, 0.1) is 10.1 Å².